The number of primary amides is 1. The normalized spacial score (nSPS) is 16.2. The van der Waals surface area contributed by atoms with Crippen molar-refractivity contribution in [1.82, 2.24) is 5.32 Å². The van der Waals surface area contributed by atoms with Gasteiger partial charge in [-0.05, 0) is 29.7 Å². The fourth-order valence-electron chi connectivity index (χ4n) is 4.03. The number of fused-ring (bicyclic) bond motifs is 1. The minimum atomic E-state index is -1.08. The molecule has 1 unspecified atom stereocenters. The van der Waals surface area contributed by atoms with Crippen molar-refractivity contribution in [2.45, 2.75) is 25.4 Å². The van der Waals surface area contributed by atoms with E-state index in [1.165, 1.54) is 4.90 Å². The van der Waals surface area contributed by atoms with Crippen molar-refractivity contribution < 1.29 is 14.4 Å². The Balaban J connectivity index is 1.66. The molecule has 4 rings (SSSR count). The highest BCUT2D eigenvalue weighted by Gasteiger charge is 2.31. The summed E-state index contributed by atoms with van der Waals surface area (Å²) in [6.45, 7) is 1.97. The summed E-state index contributed by atoms with van der Waals surface area (Å²) in [5.41, 5.74) is 9.48. The molecule has 0 saturated heterocycles. The van der Waals surface area contributed by atoms with Crippen LogP contribution in [0, 0.1) is 0 Å². The lowest BCUT2D eigenvalue weighted by Crippen LogP contribution is -2.46. The lowest BCUT2D eigenvalue weighted by Gasteiger charge is -2.21. The molecule has 3 amide bonds. The average molecular weight is 455 g/mol. The molecule has 3 N–H and O–H groups in total. The van der Waals surface area contributed by atoms with E-state index in [-0.39, 0.29) is 24.2 Å². The molecule has 0 radical (unpaired) electrons. The van der Waals surface area contributed by atoms with Gasteiger partial charge in [0.2, 0.25) is 18.0 Å². The largest absolute Gasteiger partial charge is 0.366 e. The van der Waals surface area contributed by atoms with Crippen LogP contribution in [0.25, 0.3) is 0 Å². The Kier molecular flexibility index (Phi) is 6.54. The number of hydrogen-bond acceptors (Lipinski definition) is 4. The Bertz CT molecular complexity index is 1250. The lowest BCUT2D eigenvalue weighted by atomic mass is 9.97. The predicted molar refractivity (Wildman–Crippen MR) is 132 cm³/mol. The van der Waals surface area contributed by atoms with Crippen LogP contribution in [0.2, 0.25) is 0 Å². The second-order valence-electron chi connectivity index (χ2n) is 8.32. The number of likely N-dealkylation sites (N-methyl/N-ethyl adjacent to an activating group) is 1. The number of benzene rings is 3. The third-order valence-electron chi connectivity index (χ3n) is 5.94. The van der Waals surface area contributed by atoms with E-state index < -0.39 is 12.1 Å². The van der Waals surface area contributed by atoms with Crippen LogP contribution in [0.3, 0.4) is 0 Å². The molecule has 1 heterocycles. The maximum atomic E-state index is 13.3. The summed E-state index contributed by atoms with van der Waals surface area (Å²) in [7, 11) is 1.67. The number of nitrogens with zero attached hydrogens (tertiary/aromatic N) is 2. The average Bonchev–Trinajstić information content (AvgIpc) is 2.95. The summed E-state index contributed by atoms with van der Waals surface area (Å²) in [4.78, 5) is 43.8. The fourth-order valence-corrected chi connectivity index (χ4v) is 4.03. The zero-order chi connectivity index (χ0) is 24.2. The molecule has 34 heavy (non-hydrogen) atoms. The first kappa shape index (κ1) is 22.9. The first-order valence-electron chi connectivity index (χ1n) is 11.0. The van der Waals surface area contributed by atoms with E-state index in [2.05, 4.69) is 5.32 Å². The summed E-state index contributed by atoms with van der Waals surface area (Å²) in [6.07, 6.45) is -0.860. The summed E-state index contributed by atoms with van der Waals surface area (Å²) < 4.78 is 0. The van der Waals surface area contributed by atoms with Gasteiger partial charge in [-0.1, -0.05) is 67.6 Å². The van der Waals surface area contributed by atoms with Crippen molar-refractivity contribution >= 4 is 29.1 Å². The van der Waals surface area contributed by atoms with E-state index in [1.807, 2.05) is 61.5 Å². The van der Waals surface area contributed by atoms with E-state index in [0.29, 0.717) is 22.5 Å². The first-order chi connectivity index (χ1) is 16.3. The molecule has 1 aliphatic rings. The highest BCUT2D eigenvalue weighted by Crippen LogP contribution is 2.27. The molecule has 0 aromatic heterocycles. The van der Waals surface area contributed by atoms with E-state index in [0.717, 1.165) is 11.1 Å². The molecular formula is C27H26N4O3. The van der Waals surface area contributed by atoms with Crippen molar-refractivity contribution in [2.24, 2.45) is 10.7 Å². The number of nitrogens with one attached hydrogen (secondary N) is 1. The molecule has 2 atom stereocenters. The Morgan fingerprint density at radius 1 is 1.00 bits per heavy atom. The van der Waals surface area contributed by atoms with Gasteiger partial charge in [0.15, 0.2) is 0 Å². The van der Waals surface area contributed by atoms with Crippen molar-refractivity contribution in [3.63, 3.8) is 0 Å². The number of amides is 3. The summed E-state index contributed by atoms with van der Waals surface area (Å²) >= 11 is 0. The van der Waals surface area contributed by atoms with Crippen molar-refractivity contribution in [2.75, 3.05) is 11.9 Å². The monoisotopic (exact) mass is 454 g/mol. The number of anilines is 1. The van der Waals surface area contributed by atoms with Gasteiger partial charge in [-0.2, -0.15) is 0 Å². The lowest BCUT2D eigenvalue weighted by molar-refractivity contribution is -0.127. The second-order valence-corrected chi connectivity index (χ2v) is 8.32. The van der Waals surface area contributed by atoms with Crippen LogP contribution in [-0.2, 0) is 9.59 Å². The van der Waals surface area contributed by atoms with Crippen molar-refractivity contribution in [3.05, 3.63) is 101 Å². The summed E-state index contributed by atoms with van der Waals surface area (Å²) in [5, 5.41) is 2.81. The number of carbonyl (C=O) groups is 3. The highest BCUT2D eigenvalue weighted by atomic mass is 16.2. The maximum Gasteiger partial charge on any atom is 0.272 e. The second kappa shape index (κ2) is 9.70. The maximum absolute atomic E-state index is 13.3. The van der Waals surface area contributed by atoms with E-state index >= 15 is 0 Å². The molecular weight excluding hydrogens is 428 g/mol. The molecule has 7 nitrogen and oxygen atoms in total. The van der Waals surface area contributed by atoms with Crippen LogP contribution in [0.1, 0.15) is 46.3 Å². The Labute approximate surface area is 198 Å². The summed E-state index contributed by atoms with van der Waals surface area (Å²) in [6, 6.07) is 23.9. The zero-order valence-corrected chi connectivity index (χ0v) is 19.1. The molecule has 7 heteroatoms. The van der Waals surface area contributed by atoms with Gasteiger partial charge in [0.05, 0.1) is 11.4 Å². The SMILES string of the molecule is C[C@@H](CC(=O)NC1N=C(c2ccc(C(N)=O)cc2)c2ccccc2N(C)C1=O)c1ccccc1. The topological polar surface area (TPSA) is 105 Å². The summed E-state index contributed by atoms with van der Waals surface area (Å²) in [5.74, 6) is -1.14. The molecule has 0 saturated carbocycles. The van der Waals surface area contributed by atoms with Gasteiger partial charge in [-0.15, -0.1) is 0 Å². The number of para-hydroxylation sites is 1. The number of benzodiazepines with no additional fused rings is 1. The Morgan fingerprint density at radius 3 is 2.32 bits per heavy atom. The van der Waals surface area contributed by atoms with E-state index in [9.17, 15) is 14.4 Å². The smallest absolute Gasteiger partial charge is 0.272 e. The van der Waals surface area contributed by atoms with Gasteiger partial charge >= 0.3 is 0 Å². The zero-order valence-electron chi connectivity index (χ0n) is 19.1. The van der Waals surface area contributed by atoms with Crippen LogP contribution in [0.4, 0.5) is 5.69 Å². The molecule has 0 fully saturated rings. The fraction of sp³-hybridized carbons (Fsp3) is 0.185. The third-order valence-corrected chi connectivity index (χ3v) is 5.94. The van der Waals surface area contributed by atoms with Gasteiger partial charge < -0.3 is 16.0 Å². The van der Waals surface area contributed by atoms with Crippen LogP contribution < -0.4 is 16.0 Å². The minimum absolute atomic E-state index is 0.0122. The van der Waals surface area contributed by atoms with Crippen LogP contribution in [-0.4, -0.2) is 36.6 Å². The van der Waals surface area contributed by atoms with Crippen LogP contribution >= 0.6 is 0 Å². The van der Waals surface area contributed by atoms with Crippen molar-refractivity contribution in [1.29, 1.82) is 0 Å². The van der Waals surface area contributed by atoms with Gasteiger partial charge in [0, 0.05) is 30.2 Å². The number of aliphatic imine (C=N–C) groups is 1. The first-order valence-corrected chi connectivity index (χ1v) is 11.0. The van der Waals surface area contributed by atoms with Crippen molar-refractivity contribution in [3.8, 4) is 0 Å². The highest BCUT2D eigenvalue weighted by molar-refractivity contribution is 6.20. The minimum Gasteiger partial charge on any atom is -0.366 e. The number of nitrogens with two attached hydrogens (primary N) is 1. The quantitative estimate of drug-likeness (QED) is 0.597. The van der Waals surface area contributed by atoms with Gasteiger partial charge in [-0.25, -0.2) is 4.99 Å². The standard InChI is InChI=1S/C27H26N4O3/c1-17(18-8-4-3-5-9-18)16-23(32)29-26-27(34)31(2)22-11-7-6-10-21(22)24(30-26)19-12-14-20(15-13-19)25(28)33/h3-15,17,26H,16H2,1-2H3,(H2,28,33)(H,29,32)/t17-,26?/m0/s1. The Morgan fingerprint density at radius 2 is 1.65 bits per heavy atom. The van der Waals surface area contributed by atoms with E-state index in [1.54, 1.807) is 31.3 Å². The molecule has 3 aromatic carbocycles. The third kappa shape index (κ3) is 4.73. The number of carbonyl (C=O) groups excluding carboxylic acids is 3. The molecule has 0 aliphatic carbocycles. The molecule has 172 valence electrons. The molecule has 0 bridgehead atoms. The van der Waals surface area contributed by atoms with E-state index in [4.69, 9.17) is 10.7 Å². The van der Waals surface area contributed by atoms with Crippen LogP contribution in [0.15, 0.2) is 83.9 Å². The number of hydrogen-bond donors (Lipinski definition) is 2. The van der Waals surface area contributed by atoms with Crippen LogP contribution in [0.5, 0.6) is 0 Å². The Hall–Kier alpha value is -4.26. The molecule has 3 aromatic rings. The van der Waals surface area contributed by atoms with Gasteiger partial charge in [-0.3, -0.25) is 14.4 Å². The van der Waals surface area contributed by atoms with Gasteiger partial charge in [0.25, 0.3) is 5.91 Å². The molecule has 1 aliphatic heterocycles. The predicted octanol–water partition coefficient (Wildman–Crippen LogP) is 3.24. The van der Waals surface area contributed by atoms with Gasteiger partial charge in [0.1, 0.15) is 0 Å². The molecule has 0 spiro atoms. The number of rotatable bonds is 6.